The Hall–Kier alpha value is -1.80. The second-order valence-electron chi connectivity index (χ2n) is 4.79. The van der Waals surface area contributed by atoms with Gasteiger partial charge in [-0.2, -0.15) is 0 Å². The first-order valence-corrected chi connectivity index (χ1v) is 8.02. The van der Waals surface area contributed by atoms with Gasteiger partial charge in [-0.15, -0.1) is 21.6 Å². The van der Waals surface area contributed by atoms with Gasteiger partial charge < -0.3 is 4.90 Å². The largest absolute Gasteiger partial charge is 0.378 e. The third-order valence-electron chi connectivity index (χ3n) is 2.99. The summed E-state index contributed by atoms with van der Waals surface area (Å²) in [6.45, 7) is 1.97. The summed E-state index contributed by atoms with van der Waals surface area (Å²) >= 11 is 3.04. The summed E-state index contributed by atoms with van der Waals surface area (Å²) < 4.78 is 0.906. The zero-order valence-corrected chi connectivity index (χ0v) is 13.5. The molecule has 2 heterocycles. The van der Waals surface area contributed by atoms with Gasteiger partial charge in [-0.25, -0.2) is 4.98 Å². The van der Waals surface area contributed by atoms with Crippen LogP contribution in [0.5, 0.6) is 0 Å². The molecule has 0 N–H and O–H groups in total. The van der Waals surface area contributed by atoms with Crippen molar-refractivity contribution < 1.29 is 0 Å². The molecule has 2 aromatic rings. The Balaban J connectivity index is 1.94. The standard InChI is InChI=1S/C13H14N6S2/c1-9-8-20-12(14-9)21-13(15-17-18-16-13)10-4-6-11(7-5-10)19(2)3/h4-8H,1-3H3. The predicted molar refractivity (Wildman–Crippen MR) is 84.9 cm³/mol. The highest BCUT2D eigenvalue weighted by Crippen LogP contribution is 2.47. The average molecular weight is 318 g/mol. The van der Waals surface area contributed by atoms with Crippen LogP contribution in [0.4, 0.5) is 5.69 Å². The van der Waals surface area contributed by atoms with Gasteiger partial charge in [-0.05, 0) is 41.3 Å². The number of anilines is 1. The van der Waals surface area contributed by atoms with Crippen LogP contribution in [0.2, 0.25) is 0 Å². The molecule has 8 heteroatoms. The maximum absolute atomic E-state index is 4.46. The van der Waals surface area contributed by atoms with Gasteiger partial charge in [0.25, 0.3) is 4.99 Å². The molecule has 0 bridgehead atoms. The third kappa shape index (κ3) is 2.81. The van der Waals surface area contributed by atoms with E-state index in [1.165, 1.54) is 11.8 Å². The van der Waals surface area contributed by atoms with Crippen LogP contribution in [0.3, 0.4) is 0 Å². The van der Waals surface area contributed by atoms with Crippen molar-refractivity contribution in [3.05, 3.63) is 40.9 Å². The lowest BCUT2D eigenvalue weighted by Crippen LogP contribution is -2.14. The van der Waals surface area contributed by atoms with Crippen molar-refractivity contribution in [2.45, 2.75) is 16.3 Å². The van der Waals surface area contributed by atoms with E-state index in [-0.39, 0.29) is 0 Å². The summed E-state index contributed by atoms with van der Waals surface area (Å²) in [5.41, 5.74) is 3.05. The normalized spacial score (nSPS) is 15.6. The van der Waals surface area contributed by atoms with Crippen LogP contribution in [0.15, 0.2) is 54.7 Å². The highest BCUT2D eigenvalue weighted by molar-refractivity contribution is 8.01. The van der Waals surface area contributed by atoms with Crippen LogP contribution < -0.4 is 4.90 Å². The van der Waals surface area contributed by atoms with Gasteiger partial charge in [-0.1, -0.05) is 12.1 Å². The van der Waals surface area contributed by atoms with E-state index in [4.69, 9.17) is 0 Å². The van der Waals surface area contributed by atoms with E-state index in [0.29, 0.717) is 0 Å². The van der Waals surface area contributed by atoms with Crippen molar-refractivity contribution >= 4 is 28.8 Å². The average Bonchev–Trinajstić information content (AvgIpc) is 3.10. The number of nitrogens with zero attached hydrogens (tertiary/aromatic N) is 6. The summed E-state index contributed by atoms with van der Waals surface area (Å²) in [6, 6.07) is 8.08. The fourth-order valence-electron chi connectivity index (χ4n) is 1.87. The zero-order chi connectivity index (χ0) is 14.9. The van der Waals surface area contributed by atoms with Gasteiger partial charge in [0, 0.05) is 36.4 Å². The molecule has 6 nitrogen and oxygen atoms in total. The fourth-order valence-corrected chi connectivity index (χ4v) is 3.92. The molecular formula is C13H14N6S2. The van der Waals surface area contributed by atoms with E-state index in [0.717, 1.165) is 21.3 Å². The molecule has 108 valence electrons. The monoisotopic (exact) mass is 318 g/mol. The number of hydrogen-bond donors (Lipinski definition) is 0. The van der Waals surface area contributed by atoms with Crippen LogP contribution >= 0.6 is 23.1 Å². The number of aromatic nitrogens is 1. The molecule has 0 aliphatic carbocycles. The van der Waals surface area contributed by atoms with Gasteiger partial charge in [-0.3, -0.25) is 0 Å². The van der Waals surface area contributed by atoms with E-state index in [2.05, 4.69) is 25.7 Å². The smallest absolute Gasteiger partial charge is 0.272 e. The van der Waals surface area contributed by atoms with Crippen LogP contribution in [-0.2, 0) is 4.99 Å². The first kappa shape index (κ1) is 14.2. The molecule has 1 aromatic heterocycles. The fraction of sp³-hybridized carbons (Fsp3) is 0.308. The highest BCUT2D eigenvalue weighted by atomic mass is 32.2. The Kier molecular flexibility index (Phi) is 3.73. The molecule has 0 radical (unpaired) electrons. The Labute approximate surface area is 131 Å². The van der Waals surface area contributed by atoms with Crippen LogP contribution in [0.1, 0.15) is 11.3 Å². The van der Waals surface area contributed by atoms with E-state index in [9.17, 15) is 0 Å². The van der Waals surface area contributed by atoms with Gasteiger partial charge >= 0.3 is 0 Å². The molecule has 0 atom stereocenters. The molecule has 0 saturated heterocycles. The molecule has 1 aromatic carbocycles. The van der Waals surface area contributed by atoms with Gasteiger partial charge in [0.05, 0.1) is 0 Å². The molecule has 1 aliphatic rings. The summed E-state index contributed by atoms with van der Waals surface area (Å²) in [4.78, 5) is 5.66. The molecule has 21 heavy (non-hydrogen) atoms. The number of hydrogen-bond acceptors (Lipinski definition) is 8. The second-order valence-corrected chi connectivity index (χ2v) is 7.06. The lowest BCUT2D eigenvalue weighted by atomic mass is 10.1. The minimum absolute atomic E-state index is 0.852. The van der Waals surface area contributed by atoms with Gasteiger partial charge in [0.1, 0.15) is 0 Å². The maximum atomic E-state index is 4.46. The van der Waals surface area contributed by atoms with E-state index >= 15 is 0 Å². The van der Waals surface area contributed by atoms with Crippen LogP contribution in [-0.4, -0.2) is 19.1 Å². The maximum Gasteiger partial charge on any atom is 0.272 e. The van der Waals surface area contributed by atoms with Crippen molar-refractivity contribution in [2.75, 3.05) is 19.0 Å². The Morgan fingerprint density at radius 1 is 1.10 bits per heavy atom. The van der Waals surface area contributed by atoms with E-state index < -0.39 is 4.99 Å². The number of aryl methyl sites for hydroxylation is 1. The zero-order valence-electron chi connectivity index (χ0n) is 11.9. The summed E-state index contributed by atoms with van der Waals surface area (Å²) in [6.07, 6.45) is 0. The molecule has 0 amide bonds. The first-order valence-electron chi connectivity index (χ1n) is 6.32. The van der Waals surface area contributed by atoms with E-state index in [1.54, 1.807) is 11.3 Å². The van der Waals surface area contributed by atoms with Crippen molar-refractivity contribution in [1.29, 1.82) is 0 Å². The summed E-state index contributed by atoms with van der Waals surface area (Å²) in [5, 5.41) is 17.9. The minimum atomic E-state index is -0.852. The van der Waals surface area contributed by atoms with Crippen LogP contribution in [0, 0.1) is 6.92 Å². The number of thioether (sulfide) groups is 1. The lowest BCUT2D eigenvalue weighted by Gasteiger charge is -2.19. The molecule has 1 aliphatic heterocycles. The van der Waals surface area contributed by atoms with Crippen molar-refractivity contribution in [1.82, 2.24) is 4.98 Å². The first-order chi connectivity index (χ1) is 10.1. The van der Waals surface area contributed by atoms with Crippen LogP contribution in [0.25, 0.3) is 0 Å². The van der Waals surface area contributed by atoms with E-state index in [1.807, 2.05) is 55.6 Å². The Morgan fingerprint density at radius 2 is 1.76 bits per heavy atom. The van der Waals surface area contributed by atoms with Crippen molar-refractivity contribution in [2.24, 2.45) is 20.7 Å². The molecule has 0 spiro atoms. The molecule has 0 fully saturated rings. The quantitative estimate of drug-likeness (QED) is 0.846. The van der Waals surface area contributed by atoms with Gasteiger partial charge in [0.2, 0.25) is 0 Å². The molecular weight excluding hydrogens is 304 g/mol. The molecule has 0 unspecified atom stereocenters. The summed E-state index contributed by atoms with van der Waals surface area (Å²) in [7, 11) is 4.01. The number of rotatable bonds is 4. The molecule has 0 saturated carbocycles. The molecule has 3 rings (SSSR count). The lowest BCUT2D eigenvalue weighted by molar-refractivity contribution is 0.688. The minimum Gasteiger partial charge on any atom is -0.378 e. The predicted octanol–water partition coefficient (Wildman–Crippen LogP) is 4.25. The summed E-state index contributed by atoms with van der Waals surface area (Å²) in [5.74, 6) is 0. The Bertz CT molecular complexity index is 677. The number of thiazole rings is 1. The Morgan fingerprint density at radius 3 is 2.29 bits per heavy atom. The highest BCUT2D eigenvalue weighted by Gasteiger charge is 2.38. The SMILES string of the molecule is Cc1csc(SC2(c3ccc(N(C)C)cc3)N=NN=N2)n1. The second kappa shape index (κ2) is 5.53. The topological polar surface area (TPSA) is 65.6 Å². The number of benzene rings is 1. The van der Waals surface area contributed by atoms with Crippen molar-refractivity contribution in [3.63, 3.8) is 0 Å². The third-order valence-corrected chi connectivity index (χ3v) is 5.23. The van der Waals surface area contributed by atoms with Gasteiger partial charge in [0.15, 0.2) is 4.34 Å². The van der Waals surface area contributed by atoms with Crippen molar-refractivity contribution in [3.8, 4) is 0 Å².